The largest absolute Gasteiger partial charge is 0.399 e. The first-order valence-electron chi connectivity index (χ1n) is 5.63. The van der Waals surface area contributed by atoms with Crippen LogP contribution in [0.3, 0.4) is 0 Å². The Labute approximate surface area is 95.4 Å². The fourth-order valence-electron chi connectivity index (χ4n) is 1.91. The van der Waals surface area contributed by atoms with Gasteiger partial charge < -0.3 is 16.0 Å². The van der Waals surface area contributed by atoms with E-state index in [1.165, 1.54) is 0 Å². The summed E-state index contributed by atoms with van der Waals surface area (Å²) in [6.45, 7) is 2.30. The minimum atomic E-state index is 0.0277. The molecule has 0 radical (unpaired) electrons. The van der Waals surface area contributed by atoms with Crippen molar-refractivity contribution in [2.24, 2.45) is 0 Å². The Kier molecular flexibility index (Phi) is 3.29. The Hall–Kier alpha value is -1.71. The molecule has 4 heteroatoms. The molecule has 1 aliphatic rings. The van der Waals surface area contributed by atoms with Crippen LogP contribution in [0.2, 0.25) is 0 Å². The topological polar surface area (TPSA) is 58.4 Å². The van der Waals surface area contributed by atoms with Crippen LogP contribution in [0.1, 0.15) is 18.4 Å². The third-order valence-electron chi connectivity index (χ3n) is 2.79. The Morgan fingerprint density at radius 1 is 1.38 bits per heavy atom. The maximum atomic E-state index is 11.7. The van der Waals surface area contributed by atoms with Crippen molar-refractivity contribution in [2.45, 2.75) is 19.4 Å². The molecule has 1 fully saturated rings. The predicted molar refractivity (Wildman–Crippen MR) is 63.9 cm³/mol. The van der Waals surface area contributed by atoms with Crippen LogP contribution in [0.25, 0.3) is 0 Å². The van der Waals surface area contributed by atoms with E-state index in [4.69, 9.17) is 5.73 Å². The van der Waals surface area contributed by atoms with E-state index in [0.717, 1.165) is 37.2 Å². The molecule has 1 saturated heterocycles. The van der Waals surface area contributed by atoms with Gasteiger partial charge in [-0.2, -0.15) is 0 Å². The molecule has 16 heavy (non-hydrogen) atoms. The first-order valence-corrected chi connectivity index (χ1v) is 5.63. The van der Waals surface area contributed by atoms with Crippen LogP contribution in [-0.4, -0.2) is 24.0 Å². The van der Waals surface area contributed by atoms with Gasteiger partial charge in [0.25, 0.3) is 0 Å². The summed E-state index contributed by atoms with van der Waals surface area (Å²) in [5, 5.41) is 2.90. The number of nitrogens with zero attached hydrogens (tertiary/aromatic N) is 1. The molecular weight excluding hydrogens is 202 g/mol. The average Bonchev–Trinajstić information content (AvgIpc) is 2.79. The molecule has 0 unspecified atom stereocenters. The van der Waals surface area contributed by atoms with Crippen molar-refractivity contribution >= 4 is 11.7 Å². The van der Waals surface area contributed by atoms with Gasteiger partial charge in [0, 0.05) is 25.3 Å². The summed E-state index contributed by atoms with van der Waals surface area (Å²) in [5.41, 5.74) is 7.43. The number of likely N-dealkylation sites (tertiary alicyclic amines) is 1. The quantitative estimate of drug-likeness (QED) is 0.742. The molecule has 0 aliphatic carbocycles. The summed E-state index contributed by atoms with van der Waals surface area (Å²) >= 11 is 0. The second-order valence-electron chi connectivity index (χ2n) is 4.10. The number of nitrogen functional groups attached to an aromatic ring is 1. The van der Waals surface area contributed by atoms with E-state index in [1.54, 1.807) is 0 Å². The van der Waals surface area contributed by atoms with E-state index < -0.39 is 0 Å². The standard InChI is InChI=1S/C12H17N3O/c13-11-5-3-4-10(8-11)9-14-12(16)15-6-1-2-7-15/h3-5,8H,1-2,6-7,9,13H2,(H,14,16). The first-order chi connectivity index (χ1) is 7.75. The van der Waals surface area contributed by atoms with E-state index in [-0.39, 0.29) is 6.03 Å². The molecule has 1 aromatic rings. The Morgan fingerprint density at radius 2 is 2.12 bits per heavy atom. The molecule has 1 aromatic carbocycles. The normalized spacial score (nSPS) is 15.1. The van der Waals surface area contributed by atoms with Crippen molar-refractivity contribution in [1.82, 2.24) is 10.2 Å². The van der Waals surface area contributed by atoms with Gasteiger partial charge in [-0.25, -0.2) is 4.79 Å². The number of carbonyl (C=O) groups excluding carboxylic acids is 1. The van der Waals surface area contributed by atoms with Crippen molar-refractivity contribution < 1.29 is 4.79 Å². The SMILES string of the molecule is Nc1cccc(CNC(=O)N2CCCC2)c1. The molecule has 2 rings (SSSR count). The number of nitrogens with two attached hydrogens (primary N) is 1. The Morgan fingerprint density at radius 3 is 2.81 bits per heavy atom. The number of anilines is 1. The third kappa shape index (κ3) is 2.66. The highest BCUT2D eigenvalue weighted by atomic mass is 16.2. The summed E-state index contributed by atoms with van der Waals surface area (Å²) in [4.78, 5) is 13.5. The van der Waals surface area contributed by atoms with E-state index in [1.807, 2.05) is 29.2 Å². The minimum Gasteiger partial charge on any atom is -0.399 e. The number of nitrogens with one attached hydrogen (secondary N) is 1. The number of urea groups is 1. The molecule has 4 nitrogen and oxygen atoms in total. The molecule has 0 aromatic heterocycles. The lowest BCUT2D eigenvalue weighted by molar-refractivity contribution is 0.208. The Bertz CT molecular complexity index is 372. The van der Waals surface area contributed by atoms with Gasteiger partial charge in [-0.15, -0.1) is 0 Å². The highest BCUT2D eigenvalue weighted by Gasteiger charge is 2.16. The number of benzene rings is 1. The fraction of sp³-hybridized carbons (Fsp3) is 0.417. The maximum Gasteiger partial charge on any atom is 0.317 e. The van der Waals surface area contributed by atoms with E-state index in [9.17, 15) is 4.79 Å². The number of rotatable bonds is 2. The smallest absolute Gasteiger partial charge is 0.317 e. The molecule has 86 valence electrons. The lowest BCUT2D eigenvalue weighted by atomic mass is 10.2. The van der Waals surface area contributed by atoms with Crippen LogP contribution in [0, 0.1) is 0 Å². The van der Waals surface area contributed by atoms with Crippen LogP contribution in [0.15, 0.2) is 24.3 Å². The van der Waals surface area contributed by atoms with Gasteiger partial charge in [-0.05, 0) is 30.5 Å². The van der Waals surface area contributed by atoms with Crippen LogP contribution in [-0.2, 0) is 6.54 Å². The van der Waals surface area contributed by atoms with E-state index in [0.29, 0.717) is 6.54 Å². The highest BCUT2D eigenvalue weighted by Crippen LogP contribution is 2.09. The zero-order chi connectivity index (χ0) is 11.4. The van der Waals surface area contributed by atoms with Crippen molar-refractivity contribution in [3.63, 3.8) is 0 Å². The fourth-order valence-corrected chi connectivity index (χ4v) is 1.91. The summed E-state index contributed by atoms with van der Waals surface area (Å²) < 4.78 is 0. The summed E-state index contributed by atoms with van der Waals surface area (Å²) in [6.07, 6.45) is 2.23. The number of hydrogen-bond donors (Lipinski definition) is 2. The van der Waals surface area contributed by atoms with Gasteiger partial charge >= 0.3 is 6.03 Å². The highest BCUT2D eigenvalue weighted by molar-refractivity contribution is 5.74. The molecule has 2 amide bonds. The van der Waals surface area contributed by atoms with Crippen LogP contribution in [0.5, 0.6) is 0 Å². The molecule has 1 heterocycles. The molecule has 3 N–H and O–H groups in total. The second-order valence-corrected chi connectivity index (χ2v) is 4.10. The van der Waals surface area contributed by atoms with Crippen molar-refractivity contribution in [2.75, 3.05) is 18.8 Å². The van der Waals surface area contributed by atoms with Crippen LogP contribution >= 0.6 is 0 Å². The zero-order valence-corrected chi connectivity index (χ0v) is 9.28. The van der Waals surface area contributed by atoms with Gasteiger partial charge in [0.2, 0.25) is 0 Å². The Balaban J connectivity index is 1.84. The lowest BCUT2D eigenvalue weighted by Crippen LogP contribution is -2.37. The van der Waals surface area contributed by atoms with Crippen molar-refractivity contribution in [1.29, 1.82) is 0 Å². The van der Waals surface area contributed by atoms with Gasteiger partial charge in [-0.1, -0.05) is 12.1 Å². The van der Waals surface area contributed by atoms with Gasteiger partial charge in [0.05, 0.1) is 0 Å². The maximum absolute atomic E-state index is 11.7. The summed E-state index contributed by atoms with van der Waals surface area (Å²) in [7, 11) is 0. The van der Waals surface area contributed by atoms with Crippen LogP contribution < -0.4 is 11.1 Å². The van der Waals surface area contributed by atoms with Crippen LogP contribution in [0.4, 0.5) is 10.5 Å². The van der Waals surface area contributed by atoms with Gasteiger partial charge in [0.15, 0.2) is 0 Å². The minimum absolute atomic E-state index is 0.0277. The summed E-state index contributed by atoms with van der Waals surface area (Å²) in [6, 6.07) is 7.60. The first kappa shape index (κ1) is 10.8. The summed E-state index contributed by atoms with van der Waals surface area (Å²) in [5.74, 6) is 0. The van der Waals surface area contributed by atoms with E-state index in [2.05, 4.69) is 5.32 Å². The lowest BCUT2D eigenvalue weighted by Gasteiger charge is -2.16. The number of carbonyl (C=O) groups is 1. The third-order valence-corrected chi connectivity index (χ3v) is 2.79. The number of amides is 2. The average molecular weight is 219 g/mol. The molecule has 0 atom stereocenters. The van der Waals surface area contributed by atoms with Crippen molar-refractivity contribution in [3.05, 3.63) is 29.8 Å². The molecular formula is C12H17N3O. The molecule has 0 bridgehead atoms. The van der Waals surface area contributed by atoms with Gasteiger partial charge in [-0.3, -0.25) is 0 Å². The molecule has 1 aliphatic heterocycles. The zero-order valence-electron chi connectivity index (χ0n) is 9.28. The second kappa shape index (κ2) is 4.88. The molecule has 0 saturated carbocycles. The predicted octanol–water partition coefficient (Wildman–Crippen LogP) is 1.57. The monoisotopic (exact) mass is 219 g/mol. The number of hydrogen-bond acceptors (Lipinski definition) is 2. The van der Waals surface area contributed by atoms with Gasteiger partial charge in [0.1, 0.15) is 0 Å². The van der Waals surface area contributed by atoms with Crippen molar-refractivity contribution in [3.8, 4) is 0 Å². The van der Waals surface area contributed by atoms with E-state index >= 15 is 0 Å². The molecule has 0 spiro atoms.